The van der Waals surface area contributed by atoms with Gasteiger partial charge in [-0.05, 0) is 50.8 Å². The second kappa shape index (κ2) is 8.70. The maximum Gasteiger partial charge on any atom is 0.416 e. The molecule has 3 amide bonds. The van der Waals surface area contributed by atoms with Crippen molar-refractivity contribution in [3.8, 4) is 0 Å². The Morgan fingerprint density at radius 3 is 2.48 bits per heavy atom. The first-order valence-corrected chi connectivity index (χ1v) is 11.8. The zero-order valence-corrected chi connectivity index (χ0v) is 19.6. The molecule has 2 fully saturated rings. The number of benzene rings is 1. The molecule has 174 valence electrons. The van der Waals surface area contributed by atoms with Crippen LogP contribution in [0.15, 0.2) is 40.4 Å². The van der Waals surface area contributed by atoms with Crippen molar-refractivity contribution in [3.05, 3.63) is 35.9 Å². The number of hydrogen-bond acceptors (Lipinski definition) is 6. The quantitative estimate of drug-likeness (QED) is 0.634. The summed E-state index contributed by atoms with van der Waals surface area (Å²) in [5.41, 5.74) is 2.36. The van der Waals surface area contributed by atoms with E-state index < -0.39 is 6.04 Å². The Hall–Kier alpha value is -3.07. The van der Waals surface area contributed by atoms with Gasteiger partial charge in [0.1, 0.15) is 13.1 Å². The Morgan fingerprint density at radius 2 is 1.76 bits per heavy atom. The number of amidine groups is 1. The van der Waals surface area contributed by atoms with E-state index in [0.29, 0.717) is 24.9 Å². The van der Waals surface area contributed by atoms with Crippen LogP contribution in [0.4, 0.5) is 4.79 Å². The molecular formula is C24H32N7O2+. The van der Waals surface area contributed by atoms with E-state index in [1.54, 1.807) is 7.05 Å². The van der Waals surface area contributed by atoms with Gasteiger partial charge in [-0.3, -0.25) is 14.6 Å². The molecule has 0 saturated carbocycles. The van der Waals surface area contributed by atoms with Crippen LogP contribution in [0, 0.1) is 5.92 Å². The Kier molecular flexibility index (Phi) is 5.74. The minimum Gasteiger partial charge on any atom is -0.300 e. The first-order chi connectivity index (χ1) is 15.9. The SMILES string of the molecule is CC1=NN(CCN2CCC(Cc3ccccc3)CC2)C2=[N+](C1)C1C(=O)N(C)C(=O)N(C)C1=N2. The summed E-state index contributed by atoms with van der Waals surface area (Å²) >= 11 is 0. The van der Waals surface area contributed by atoms with Crippen LogP contribution in [0.5, 0.6) is 0 Å². The number of hydrazone groups is 1. The highest BCUT2D eigenvalue weighted by Crippen LogP contribution is 2.24. The van der Waals surface area contributed by atoms with Gasteiger partial charge in [0, 0.05) is 20.6 Å². The molecule has 0 bridgehead atoms. The molecule has 0 aliphatic carbocycles. The number of imide groups is 1. The molecule has 0 radical (unpaired) electrons. The Morgan fingerprint density at radius 1 is 1.03 bits per heavy atom. The summed E-state index contributed by atoms with van der Waals surface area (Å²) in [5.74, 6) is 1.67. The average molecular weight is 451 g/mol. The van der Waals surface area contributed by atoms with E-state index in [1.807, 2.05) is 16.5 Å². The monoisotopic (exact) mass is 450 g/mol. The first kappa shape index (κ1) is 21.8. The number of piperidine rings is 1. The lowest BCUT2D eigenvalue weighted by molar-refractivity contribution is -0.527. The zero-order chi connectivity index (χ0) is 23.1. The van der Waals surface area contributed by atoms with Crippen LogP contribution in [0.3, 0.4) is 0 Å². The number of amides is 3. The van der Waals surface area contributed by atoms with Crippen molar-refractivity contribution in [3.63, 3.8) is 0 Å². The van der Waals surface area contributed by atoms with Crippen molar-refractivity contribution in [2.45, 2.75) is 32.2 Å². The molecule has 0 spiro atoms. The molecule has 2 saturated heterocycles. The van der Waals surface area contributed by atoms with Gasteiger partial charge < -0.3 is 4.90 Å². The largest absolute Gasteiger partial charge is 0.416 e. The van der Waals surface area contributed by atoms with Crippen LogP contribution >= 0.6 is 0 Å². The second-order valence-electron chi connectivity index (χ2n) is 9.47. The lowest BCUT2D eigenvalue weighted by atomic mass is 9.90. The van der Waals surface area contributed by atoms with E-state index in [2.05, 4.69) is 35.2 Å². The smallest absolute Gasteiger partial charge is 0.300 e. The number of urea groups is 1. The normalized spacial score (nSPS) is 24.2. The molecule has 4 aliphatic heterocycles. The second-order valence-corrected chi connectivity index (χ2v) is 9.47. The number of nitrogens with zero attached hydrogens (tertiary/aromatic N) is 7. The molecule has 4 aliphatic rings. The highest BCUT2D eigenvalue weighted by molar-refractivity contribution is 6.23. The molecule has 0 aromatic heterocycles. The number of rotatable bonds is 5. The number of aliphatic imine (C=N–C) groups is 1. The number of likely N-dealkylation sites (N-methyl/N-ethyl adjacent to an activating group) is 2. The molecule has 1 aromatic rings. The summed E-state index contributed by atoms with van der Waals surface area (Å²) in [5, 5.41) is 6.64. The van der Waals surface area contributed by atoms with Gasteiger partial charge in [-0.25, -0.2) is 9.37 Å². The van der Waals surface area contributed by atoms with Crippen LogP contribution in [0.2, 0.25) is 0 Å². The topological polar surface area (TPSA) is 74.8 Å². The van der Waals surface area contributed by atoms with E-state index in [1.165, 1.54) is 35.3 Å². The van der Waals surface area contributed by atoms with Crippen molar-refractivity contribution < 1.29 is 14.2 Å². The van der Waals surface area contributed by atoms with E-state index in [0.717, 1.165) is 37.7 Å². The number of carbonyl (C=O) groups excluding carboxylic acids is 2. The molecule has 33 heavy (non-hydrogen) atoms. The summed E-state index contributed by atoms with van der Waals surface area (Å²) in [7, 11) is 3.20. The van der Waals surface area contributed by atoms with Gasteiger partial charge in [-0.1, -0.05) is 35.3 Å². The summed E-state index contributed by atoms with van der Waals surface area (Å²) in [4.78, 5) is 35.1. The van der Waals surface area contributed by atoms with Gasteiger partial charge >= 0.3 is 12.0 Å². The predicted octanol–water partition coefficient (Wildman–Crippen LogP) is 1.31. The van der Waals surface area contributed by atoms with E-state index in [4.69, 9.17) is 10.1 Å². The van der Waals surface area contributed by atoms with Gasteiger partial charge in [0.2, 0.25) is 11.9 Å². The third-order valence-electron chi connectivity index (χ3n) is 7.13. The van der Waals surface area contributed by atoms with E-state index in [9.17, 15) is 9.59 Å². The Bertz CT molecular complexity index is 1040. The number of hydrogen-bond donors (Lipinski definition) is 0. The van der Waals surface area contributed by atoms with Crippen molar-refractivity contribution in [1.82, 2.24) is 19.7 Å². The number of guanidine groups is 1. The van der Waals surface area contributed by atoms with Gasteiger partial charge in [0.05, 0.1) is 5.71 Å². The number of likely N-dealkylation sites (tertiary alicyclic amines) is 1. The summed E-state index contributed by atoms with van der Waals surface area (Å²) in [6.45, 7) is 6.29. The van der Waals surface area contributed by atoms with Gasteiger partial charge in [0.15, 0.2) is 0 Å². The van der Waals surface area contributed by atoms with Crippen LogP contribution in [0.1, 0.15) is 25.3 Å². The minimum atomic E-state index is -0.561. The summed E-state index contributed by atoms with van der Waals surface area (Å²) in [6, 6.07) is 9.85. The third kappa shape index (κ3) is 4.06. The molecule has 1 unspecified atom stereocenters. The van der Waals surface area contributed by atoms with Crippen LogP contribution in [-0.2, 0) is 11.2 Å². The highest BCUT2D eigenvalue weighted by Gasteiger charge is 2.53. The van der Waals surface area contributed by atoms with Gasteiger partial charge in [0.25, 0.3) is 5.91 Å². The zero-order valence-electron chi connectivity index (χ0n) is 19.6. The molecular weight excluding hydrogens is 418 g/mol. The molecule has 5 rings (SSSR count). The molecule has 9 nitrogen and oxygen atoms in total. The van der Waals surface area contributed by atoms with E-state index in [-0.39, 0.29) is 11.9 Å². The number of fused-ring (bicyclic) bond motifs is 2. The van der Waals surface area contributed by atoms with Crippen LogP contribution in [0.25, 0.3) is 0 Å². The van der Waals surface area contributed by atoms with Crippen LogP contribution in [-0.4, -0.2) is 107 Å². The van der Waals surface area contributed by atoms with Gasteiger partial charge in [-0.2, -0.15) is 0 Å². The molecule has 9 heteroatoms. The number of carbonyl (C=O) groups is 2. The predicted molar refractivity (Wildman–Crippen MR) is 126 cm³/mol. The molecule has 0 N–H and O–H groups in total. The van der Waals surface area contributed by atoms with Crippen molar-refractivity contribution in [2.24, 2.45) is 16.0 Å². The molecule has 1 aromatic carbocycles. The highest BCUT2D eigenvalue weighted by atomic mass is 16.2. The summed E-state index contributed by atoms with van der Waals surface area (Å²) in [6.07, 6.45) is 3.57. The molecule has 1 atom stereocenters. The molecule has 4 heterocycles. The van der Waals surface area contributed by atoms with Crippen LogP contribution < -0.4 is 0 Å². The van der Waals surface area contributed by atoms with Crippen molar-refractivity contribution in [1.29, 1.82) is 0 Å². The standard InChI is InChI=1S/C24H32N7O2/c1-17-16-30-20-21(27(2)24(33)28(3)22(20)32)25-23(30)31(26-17)14-13-29-11-9-19(10-12-29)15-18-7-5-4-6-8-18/h4-8,19-20H,9-16H2,1-3H3/q+1. The minimum absolute atomic E-state index is 0.234. The fraction of sp³-hybridized carbons (Fsp3) is 0.542. The lowest BCUT2D eigenvalue weighted by Gasteiger charge is -2.33. The first-order valence-electron chi connectivity index (χ1n) is 11.8. The fourth-order valence-electron chi connectivity index (χ4n) is 5.23. The fourth-order valence-corrected chi connectivity index (χ4v) is 5.23. The van der Waals surface area contributed by atoms with Gasteiger partial charge in [-0.15, -0.1) is 10.1 Å². The maximum atomic E-state index is 12.9. The Labute approximate surface area is 194 Å². The van der Waals surface area contributed by atoms with Crippen molar-refractivity contribution in [2.75, 3.05) is 46.8 Å². The van der Waals surface area contributed by atoms with Crippen molar-refractivity contribution >= 4 is 29.4 Å². The third-order valence-corrected chi connectivity index (χ3v) is 7.13. The maximum absolute atomic E-state index is 12.9. The summed E-state index contributed by atoms with van der Waals surface area (Å²) < 4.78 is 1.98. The lowest BCUT2D eigenvalue weighted by Crippen LogP contribution is -2.62. The van der Waals surface area contributed by atoms with E-state index >= 15 is 0 Å². The average Bonchev–Trinajstić information content (AvgIpc) is 3.21. The Balaban J connectivity index is 1.22.